The number of hydrogen-bond donors (Lipinski definition) is 2. The van der Waals surface area contributed by atoms with Crippen molar-refractivity contribution in [1.82, 2.24) is 5.32 Å². The van der Waals surface area contributed by atoms with E-state index in [1.807, 2.05) is 0 Å². The summed E-state index contributed by atoms with van der Waals surface area (Å²) in [6, 6.07) is 5.01. The summed E-state index contributed by atoms with van der Waals surface area (Å²) in [6.45, 7) is 1.86. The first-order chi connectivity index (χ1) is 6.63. The molecular formula is C10H13NO3. The number of carbonyl (C=O) groups is 1. The number of hydrogen-bond acceptors (Lipinski definition) is 3. The van der Waals surface area contributed by atoms with Crippen LogP contribution < -0.4 is 10.1 Å². The number of phenols is 1. The Kier molecular flexibility index (Phi) is 3.34. The predicted octanol–water partition coefficient (Wildman–Crippen LogP) is 1.04. The van der Waals surface area contributed by atoms with Gasteiger partial charge in [-0.25, -0.2) is 0 Å². The molecule has 0 atom stereocenters. The summed E-state index contributed by atoms with van der Waals surface area (Å²) in [6.07, 6.45) is 0. The minimum absolute atomic E-state index is 0.0790. The maximum absolute atomic E-state index is 10.6. The molecule has 4 heteroatoms. The zero-order chi connectivity index (χ0) is 10.6. The fourth-order valence-electron chi connectivity index (χ4n) is 1.07. The number of nitrogens with one attached hydrogen (secondary N) is 1. The highest BCUT2D eigenvalue weighted by atomic mass is 16.5. The van der Waals surface area contributed by atoms with E-state index < -0.39 is 0 Å². The molecule has 0 radical (unpaired) electrons. The first kappa shape index (κ1) is 10.4. The molecule has 0 aliphatic rings. The summed E-state index contributed by atoms with van der Waals surface area (Å²) in [7, 11) is 1.49. The van der Waals surface area contributed by atoms with Gasteiger partial charge in [0.25, 0.3) is 0 Å². The Hall–Kier alpha value is -1.71. The van der Waals surface area contributed by atoms with E-state index in [9.17, 15) is 9.90 Å². The fourth-order valence-corrected chi connectivity index (χ4v) is 1.07. The number of carbonyl (C=O) groups excluding carboxylic acids is 1. The SMILES string of the molecule is COc1ccc(CNC(C)=O)cc1O. The molecule has 0 saturated heterocycles. The van der Waals surface area contributed by atoms with Gasteiger partial charge in [0.05, 0.1) is 7.11 Å². The highest BCUT2D eigenvalue weighted by Gasteiger charge is 2.02. The summed E-state index contributed by atoms with van der Waals surface area (Å²) < 4.78 is 4.89. The molecule has 1 rings (SSSR count). The minimum atomic E-state index is -0.0969. The van der Waals surface area contributed by atoms with Crippen LogP contribution in [0.3, 0.4) is 0 Å². The van der Waals surface area contributed by atoms with Crippen LogP contribution in [-0.4, -0.2) is 18.1 Å². The Bertz CT molecular complexity index is 336. The first-order valence-electron chi connectivity index (χ1n) is 4.24. The highest BCUT2D eigenvalue weighted by Crippen LogP contribution is 2.25. The van der Waals surface area contributed by atoms with Crippen molar-refractivity contribution in [3.05, 3.63) is 23.8 Å². The van der Waals surface area contributed by atoms with Gasteiger partial charge >= 0.3 is 0 Å². The molecule has 0 aliphatic heterocycles. The van der Waals surface area contributed by atoms with Crippen LogP contribution in [0, 0.1) is 0 Å². The van der Waals surface area contributed by atoms with Crippen molar-refractivity contribution in [2.75, 3.05) is 7.11 Å². The van der Waals surface area contributed by atoms with Crippen LogP contribution in [0.4, 0.5) is 0 Å². The van der Waals surface area contributed by atoms with Crippen molar-refractivity contribution in [3.63, 3.8) is 0 Å². The molecule has 14 heavy (non-hydrogen) atoms. The average Bonchev–Trinajstić information content (AvgIpc) is 2.15. The number of phenolic OH excluding ortho intramolecular Hbond substituents is 1. The summed E-state index contributed by atoms with van der Waals surface area (Å²) in [5.74, 6) is 0.409. The Balaban J connectivity index is 2.71. The average molecular weight is 195 g/mol. The third-order valence-corrected chi connectivity index (χ3v) is 1.78. The molecule has 4 nitrogen and oxygen atoms in total. The van der Waals surface area contributed by atoms with Gasteiger partial charge in [0.2, 0.25) is 5.91 Å². The number of rotatable bonds is 3. The third-order valence-electron chi connectivity index (χ3n) is 1.78. The second-order valence-electron chi connectivity index (χ2n) is 2.92. The van der Waals surface area contributed by atoms with Crippen molar-refractivity contribution < 1.29 is 14.6 Å². The second kappa shape index (κ2) is 4.50. The van der Waals surface area contributed by atoms with E-state index in [0.29, 0.717) is 12.3 Å². The van der Waals surface area contributed by atoms with Crippen LogP contribution in [0.2, 0.25) is 0 Å². The number of ether oxygens (including phenoxy) is 1. The lowest BCUT2D eigenvalue weighted by atomic mass is 10.2. The topological polar surface area (TPSA) is 58.6 Å². The molecule has 1 aromatic rings. The Morgan fingerprint density at radius 1 is 1.57 bits per heavy atom. The minimum Gasteiger partial charge on any atom is -0.504 e. The molecule has 76 valence electrons. The smallest absolute Gasteiger partial charge is 0.217 e. The fraction of sp³-hybridized carbons (Fsp3) is 0.300. The summed E-state index contributed by atoms with van der Waals surface area (Å²) in [5.41, 5.74) is 0.832. The largest absolute Gasteiger partial charge is 0.504 e. The summed E-state index contributed by atoms with van der Waals surface area (Å²) in [5, 5.41) is 12.1. The highest BCUT2D eigenvalue weighted by molar-refractivity contribution is 5.72. The predicted molar refractivity (Wildman–Crippen MR) is 52.2 cm³/mol. The Morgan fingerprint density at radius 2 is 2.29 bits per heavy atom. The van der Waals surface area contributed by atoms with Crippen molar-refractivity contribution in [3.8, 4) is 11.5 Å². The van der Waals surface area contributed by atoms with Crippen molar-refractivity contribution in [1.29, 1.82) is 0 Å². The van der Waals surface area contributed by atoms with E-state index in [0.717, 1.165) is 5.56 Å². The van der Waals surface area contributed by atoms with Gasteiger partial charge in [-0.1, -0.05) is 6.07 Å². The lowest BCUT2D eigenvalue weighted by Gasteiger charge is -2.06. The number of benzene rings is 1. The molecular weight excluding hydrogens is 182 g/mol. The van der Waals surface area contributed by atoms with E-state index in [1.54, 1.807) is 18.2 Å². The molecule has 0 aliphatic carbocycles. The van der Waals surface area contributed by atoms with Gasteiger partial charge in [-0.05, 0) is 17.7 Å². The van der Waals surface area contributed by atoms with Crippen molar-refractivity contribution in [2.24, 2.45) is 0 Å². The van der Waals surface area contributed by atoms with Crippen LogP contribution >= 0.6 is 0 Å². The van der Waals surface area contributed by atoms with Crippen LogP contribution in [-0.2, 0) is 11.3 Å². The maximum Gasteiger partial charge on any atom is 0.217 e. The van der Waals surface area contributed by atoms with E-state index in [-0.39, 0.29) is 11.7 Å². The van der Waals surface area contributed by atoms with Crippen LogP contribution in [0.15, 0.2) is 18.2 Å². The van der Waals surface area contributed by atoms with Crippen LogP contribution in [0.25, 0.3) is 0 Å². The monoisotopic (exact) mass is 195 g/mol. The molecule has 0 bridgehead atoms. The molecule has 1 aromatic carbocycles. The van der Waals surface area contributed by atoms with Gasteiger partial charge in [0.1, 0.15) is 0 Å². The molecule has 0 saturated carbocycles. The molecule has 0 heterocycles. The zero-order valence-corrected chi connectivity index (χ0v) is 8.20. The molecule has 1 amide bonds. The molecule has 0 spiro atoms. The van der Waals surface area contributed by atoms with Crippen molar-refractivity contribution in [2.45, 2.75) is 13.5 Å². The number of amides is 1. The van der Waals surface area contributed by atoms with Gasteiger partial charge in [0, 0.05) is 13.5 Å². The second-order valence-corrected chi connectivity index (χ2v) is 2.92. The first-order valence-corrected chi connectivity index (χ1v) is 4.24. The summed E-state index contributed by atoms with van der Waals surface area (Å²) in [4.78, 5) is 10.6. The Morgan fingerprint density at radius 3 is 2.79 bits per heavy atom. The van der Waals surface area contributed by atoms with Crippen LogP contribution in [0.5, 0.6) is 11.5 Å². The molecule has 0 unspecified atom stereocenters. The quantitative estimate of drug-likeness (QED) is 0.757. The molecule has 0 aromatic heterocycles. The molecule has 2 N–H and O–H groups in total. The van der Waals surface area contributed by atoms with E-state index in [1.165, 1.54) is 14.0 Å². The van der Waals surface area contributed by atoms with E-state index >= 15 is 0 Å². The third kappa shape index (κ3) is 2.65. The zero-order valence-electron chi connectivity index (χ0n) is 8.20. The van der Waals surface area contributed by atoms with E-state index in [2.05, 4.69) is 5.32 Å². The molecule has 0 fully saturated rings. The van der Waals surface area contributed by atoms with Crippen LogP contribution in [0.1, 0.15) is 12.5 Å². The van der Waals surface area contributed by atoms with Gasteiger partial charge in [-0.2, -0.15) is 0 Å². The normalized spacial score (nSPS) is 9.57. The van der Waals surface area contributed by atoms with E-state index in [4.69, 9.17) is 4.74 Å². The Labute approximate surface area is 82.5 Å². The lowest BCUT2D eigenvalue weighted by molar-refractivity contribution is -0.119. The van der Waals surface area contributed by atoms with Gasteiger partial charge < -0.3 is 15.2 Å². The summed E-state index contributed by atoms with van der Waals surface area (Å²) >= 11 is 0. The van der Waals surface area contributed by atoms with Gasteiger partial charge in [-0.15, -0.1) is 0 Å². The van der Waals surface area contributed by atoms with Gasteiger partial charge in [-0.3, -0.25) is 4.79 Å². The standard InChI is InChI=1S/C10H13NO3/c1-7(12)11-6-8-3-4-10(14-2)9(13)5-8/h3-5,13H,6H2,1-2H3,(H,11,12). The number of methoxy groups -OCH3 is 1. The number of aromatic hydroxyl groups is 1. The van der Waals surface area contributed by atoms with Crippen molar-refractivity contribution >= 4 is 5.91 Å². The van der Waals surface area contributed by atoms with Gasteiger partial charge in [0.15, 0.2) is 11.5 Å². The maximum atomic E-state index is 10.6. The lowest BCUT2D eigenvalue weighted by Crippen LogP contribution is -2.18.